The minimum absolute atomic E-state index is 0.241. The Morgan fingerprint density at radius 2 is 2.08 bits per heavy atom. The Bertz CT molecular complexity index is 1090. The number of benzene rings is 1. The van der Waals surface area contributed by atoms with Crippen LogP contribution in [-0.4, -0.2) is 31.4 Å². The first-order valence-corrected chi connectivity index (χ1v) is 7.98. The lowest BCUT2D eigenvalue weighted by molar-refractivity contribution is 0.144. The highest BCUT2D eigenvalue weighted by molar-refractivity contribution is 5.72. The van der Waals surface area contributed by atoms with Crippen molar-refractivity contribution < 1.29 is 9.47 Å². The Kier molecular flexibility index (Phi) is 3.41. The van der Waals surface area contributed by atoms with Gasteiger partial charge in [-0.05, 0) is 24.6 Å². The Morgan fingerprint density at radius 3 is 2.84 bits per heavy atom. The summed E-state index contributed by atoms with van der Waals surface area (Å²) < 4.78 is 15.7. The van der Waals surface area contributed by atoms with E-state index in [0.29, 0.717) is 30.3 Å². The van der Waals surface area contributed by atoms with Gasteiger partial charge in [0.05, 0.1) is 6.54 Å². The zero-order chi connectivity index (χ0) is 17.7. The third kappa shape index (κ3) is 2.41. The van der Waals surface area contributed by atoms with Crippen molar-refractivity contribution in [1.29, 1.82) is 0 Å². The van der Waals surface area contributed by atoms with Crippen LogP contribution in [0.4, 0.5) is 0 Å². The van der Waals surface area contributed by atoms with Crippen LogP contribution in [0.5, 0.6) is 11.8 Å². The topological polar surface area (TPSA) is 80.3 Å². The van der Waals surface area contributed by atoms with Crippen LogP contribution in [0.1, 0.15) is 5.56 Å². The van der Waals surface area contributed by atoms with Crippen LogP contribution in [0.15, 0.2) is 33.9 Å². The fourth-order valence-electron chi connectivity index (χ4n) is 3.06. The third-order valence-corrected chi connectivity index (χ3v) is 4.40. The standard InChI is InChI=1S/C17H18N4O4/c1-10-5-4-6-11(7-10)24-9-12-8-21-13-14(18-16(21)25-12)19(2)17(23)20(3)15(13)22/h4-7,12H,8-9H2,1-3H3/t12-/m1/s1. The minimum atomic E-state index is -0.409. The van der Waals surface area contributed by atoms with Gasteiger partial charge in [-0.1, -0.05) is 12.1 Å². The third-order valence-electron chi connectivity index (χ3n) is 4.40. The molecule has 1 atom stereocenters. The maximum absolute atomic E-state index is 12.4. The van der Waals surface area contributed by atoms with Gasteiger partial charge < -0.3 is 9.47 Å². The summed E-state index contributed by atoms with van der Waals surface area (Å²) in [4.78, 5) is 28.8. The first-order chi connectivity index (χ1) is 12.0. The summed E-state index contributed by atoms with van der Waals surface area (Å²) in [5.41, 5.74) is 1.04. The lowest BCUT2D eigenvalue weighted by atomic mass is 10.2. The SMILES string of the molecule is Cc1cccc(OC[C@H]2Cn3c(nc4c3c(=O)n(C)c(=O)n4C)O2)c1. The fourth-order valence-corrected chi connectivity index (χ4v) is 3.06. The van der Waals surface area contributed by atoms with Gasteiger partial charge >= 0.3 is 5.69 Å². The van der Waals surface area contributed by atoms with Crippen LogP contribution < -0.4 is 20.7 Å². The molecule has 130 valence electrons. The van der Waals surface area contributed by atoms with Gasteiger partial charge in [-0.3, -0.25) is 18.5 Å². The number of imidazole rings is 1. The van der Waals surface area contributed by atoms with E-state index >= 15 is 0 Å². The van der Waals surface area contributed by atoms with Gasteiger partial charge in [0.25, 0.3) is 11.6 Å². The highest BCUT2D eigenvalue weighted by Crippen LogP contribution is 2.25. The largest absolute Gasteiger partial charge is 0.490 e. The molecule has 2 aromatic heterocycles. The molecule has 3 aromatic rings. The van der Waals surface area contributed by atoms with Crippen molar-refractivity contribution in [3.05, 3.63) is 50.7 Å². The molecule has 0 amide bonds. The second kappa shape index (κ2) is 5.51. The summed E-state index contributed by atoms with van der Waals surface area (Å²) in [6.45, 7) is 2.80. The average molecular weight is 342 g/mol. The van der Waals surface area contributed by atoms with E-state index in [-0.39, 0.29) is 11.7 Å². The second-order valence-electron chi connectivity index (χ2n) is 6.25. The molecule has 0 radical (unpaired) electrons. The molecule has 0 saturated heterocycles. The highest BCUT2D eigenvalue weighted by Gasteiger charge is 2.30. The van der Waals surface area contributed by atoms with Crippen LogP contribution in [0.3, 0.4) is 0 Å². The number of fused-ring (bicyclic) bond motifs is 3. The van der Waals surface area contributed by atoms with Gasteiger partial charge in [-0.15, -0.1) is 0 Å². The Hall–Kier alpha value is -3.03. The lowest BCUT2D eigenvalue weighted by Crippen LogP contribution is -2.37. The van der Waals surface area contributed by atoms with Gasteiger partial charge in [0.15, 0.2) is 17.3 Å². The maximum atomic E-state index is 12.4. The zero-order valence-electron chi connectivity index (χ0n) is 14.2. The van der Waals surface area contributed by atoms with Crippen LogP contribution >= 0.6 is 0 Å². The lowest BCUT2D eigenvalue weighted by Gasteiger charge is -2.12. The van der Waals surface area contributed by atoms with Crippen molar-refractivity contribution in [3.8, 4) is 11.8 Å². The molecule has 8 heteroatoms. The summed E-state index contributed by atoms with van der Waals surface area (Å²) in [5.74, 6) is 0.774. The molecule has 4 rings (SSSR count). The van der Waals surface area contributed by atoms with E-state index in [0.717, 1.165) is 15.9 Å². The van der Waals surface area contributed by atoms with E-state index in [1.165, 1.54) is 11.6 Å². The number of aryl methyl sites for hydroxylation is 2. The van der Waals surface area contributed by atoms with E-state index in [1.807, 2.05) is 31.2 Å². The molecule has 0 saturated carbocycles. The number of ether oxygens (including phenoxy) is 2. The van der Waals surface area contributed by atoms with Gasteiger partial charge in [0, 0.05) is 14.1 Å². The van der Waals surface area contributed by atoms with Crippen molar-refractivity contribution in [3.63, 3.8) is 0 Å². The van der Waals surface area contributed by atoms with Crippen LogP contribution in [-0.2, 0) is 20.6 Å². The van der Waals surface area contributed by atoms with Crippen LogP contribution in [0.2, 0.25) is 0 Å². The summed E-state index contributed by atoms with van der Waals surface area (Å²) in [5, 5.41) is 0. The van der Waals surface area contributed by atoms with Crippen molar-refractivity contribution in [2.75, 3.05) is 6.61 Å². The van der Waals surface area contributed by atoms with E-state index in [2.05, 4.69) is 4.98 Å². The summed E-state index contributed by atoms with van der Waals surface area (Å²) in [6.07, 6.45) is -0.241. The van der Waals surface area contributed by atoms with Crippen molar-refractivity contribution in [1.82, 2.24) is 18.7 Å². The molecule has 0 bridgehead atoms. The van der Waals surface area contributed by atoms with Crippen LogP contribution in [0, 0.1) is 6.92 Å². The van der Waals surface area contributed by atoms with Gasteiger partial charge in [-0.2, -0.15) is 4.98 Å². The Labute approximate surface area is 142 Å². The van der Waals surface area contributed by atoms with E-state index in [9.17, 15) is 9.59 Å². The minimum Gasteiger partial charge on any atom is -0.490 e. The molecular formula is C17H18N4O4. The summed E-state index contributed by atoms with van der Waals surface area (Å²) in [7, 11) is 3.05. The van der Waals surface area contributed by atoms with E-state index in [1.54, 1.807) is 11.6 Å². The van der Waals surface area contributed by atoms with E-state index in [4.69, 9.17) is 9.47 Å². The average Bonchev–Trinajstić information content (AvgIpc) is 3.13. The predicted molar refractivity (Wildman–Crippen MR) is 91.3 cm³/mol. The number of hydrogen-bond donors (Lipinski definition) is 0. The maximum Gasteiger partial charge on any atom is 0.332 e. The monoisotopic (exact) mass is 342 g/mol. The molecule has 25 heavy (non-hydrogen) atoms. The molecule has 0 spiro atoms. The quantitative estimate of drug-likeness (QED) is 0.696. The van der Waals surface area contributed by atoms with Gasteiger partial charge in [0.1, 0.15) is 12.4 Å². The normalized spacial score (nSPS) is 16.0. The van der Waals surface area contributed by atoms with Crippen LogP contribution in [0.25, 0.3) is 11.2 Å². The van der Waals surface area contributed by atoms with Crippen molar-refractivity contribution in [2.24, 2.45) is 14.1 Å². The number of rotatable bonds is 3. The molecule has 0 aliphatic carbocycles. The molecule has 0 N–H and O–H groups in total. The Morgan fingerprint density at radius 1 is 1.28 bits per heavy atom. The van der Waals surface area contributed by atoms with Gasteiger partial charge in [-0.25, -0.2) is 4.79 Å². The molecular weight excluding hydrogens is 324 g/mol. The first-order valence-electron chi connectivity index (χ1n) is 7.98. The van der Waals surface area contributed by atoms with Gasteiger partial charge in [0.2, 0.25) is 0 Å². The molecule has 0 fully saturated rings. The molecule has 1 aliphatic heterocycles. The fraction of sp³-hybridized carbons (Fsp3) is 0.353. The highest BCUT2D eigenvalue weighted by atomic mass is 16.6. The number of aromatic nitrogens is 4. The zero-order valence-corrected chi connectivity index (χ0v) is 14.2. The first kappa shape index (κ1) is 15.5. The van der Waals surface area contributed by atoms with E-state index < -0.39 is 5.69 Å². The molecule has 8 nitrogen and oxygen atoms in total. The number of hydrogen-bond acceptors (Lipinski definition) is 5. The van der Waals surface area contributed by atoms with Crippen molar-refractivity contribution >= 4 is 11.2 Å². The smallest absolute Gasteiger partial charge is 0.332 e. The summed E-state index contributed by atoms with van der Waals surface area (Å²) >= 11 is 0. The molecule has 1 aromatic carbocycles. The molecule has 3 heterocycles. The Balaban J connectivity index is 1.61. The molecule has 0 unspecified atom stereocenters. The summed E-state index contributed by atoms with van der Waals surface area (Å²) in [6, 6.07) is 8.12. The number of nitrogens with zero attached hydrogens (tertiary/aromatic N) is 4. The molecule has 1 aliphatic rings. The van der Waals surface area contributed by atoms with Crippen molar-refractivity contribution in [2.45, 2.75) is 19.6 Å². The predicted octanol–water partition coefficient (Wildman–Crippen LogP) is 0.582. The second-order valence-corrected chi connectivity index (χ2v) is 6.25.